The Morgan fingerprint density at radius 1 is 0.817 bits per heavy atom. The lowest BCUT2D eigenvalue weighted by Crippen LogP contribution is -2.55. The summed E-state index contributed by atoms with van der Waals surface area (Å²) in [5.74, 6) is -3.14. The summed E-state index contributed by atoms with van der Waals surface area (Å²) < 4.78 is 28.5. The molecule has 6 aliphatic rings. The molecule has 3 aromatic carbocycles. The van der Waals surface area contributed by atoms with E-state index in [4.69, 9.17) is 20.2 Å². The van der Waals surface area contributed by atoms with Crippen LogP contribution in [-0.2, 0) is 87.6 Å². The van der Waals surface area contributed by atoms with Crippen LogP contribution in [0.4, 0.5) is 10.1 Å². The number of carbonyl (C=O) groups excluding carboxylic acids is 7. The number of aliphatic hydroxyl groups is 1. The number of para-hydroxylation sites is 1. The maximum absolute atomic E-state index is 15.7. The standard InChI is InChI=1S/C72H90FN9O11/c1-6-72(91)52-37-58-65-50(40-82(58)69(89)51(52)41-93-70(72)90)63-54(22-21-49-44(5)53(73)38-56(76-65)62(49)63)77-67(87)55(16-11-12-32-74)78-68(88)64(42(2)3)79-59(83)23-18-43(4)92-36-27-60(84)80-34-30-71(31-35-80)28-24-47(25-29-71)66(86)75-33-26-61(85)81-39-48-15-8-7-13-45(48)19-20-46-14-9-10-17-57(46)81/h7-10,13-15,17,37-38,42-43,47,54-55,64,91H,6,11-12,16,18-36,39-41,74H2,1-5H3,(H,75,86)(H,77,87)(H,78,88)(H,79,83). The number of nitrogens with one attached hydrogen (secondary N) is 4. The zero-order valence-corrected chi connectivity index (χ0v) is 54.4. The zero-order valence-electron chi connectivity index (χ0n) is 54.4. The number of anilines is 1. The van der Waals surface area contributed by atoms with Crippen molar-refractivity contribution in [1.29, 1.82) is 0 Å². The molecule has 11 rings (SSSR count). The molecular formula is C72H90FN9O11. The fraction of sp³-hybridized carbons (Fsp3) is 0.542. The smallest absolute Gasteiger partial charge is 0.343 e. The second-order valence-electron chi connectivity index (χ2n) is 27.1. The van der Waals surface area contributed by atoms with Crippen molar-refractivity contribution in [1.82, 2.24) is 35.7 Å². The Morgan fingerprint density at radius 3 is 2.27 bits per heavy atom. The van der Waals surface area contributed by atoms with Crippen LogP contribution in [-0.4, -0.2) is 112 Å². The molecule has 2 fully saturated rings. The van der Waals surface area contributed by atoms with Crippen molar-refractivity contribution < 1.29 is 52.5 Å². The maximum Gasteiger partial charge on any atom is 0.343 e. The van der Waals surface area contributed by atoms with Gasteiger partial charge in [0.1, 0.15) is 24.5 Å². The highest BCUT2D eigenvalue weighted by molar-refractivity contribution is 5.97. The maximum atomic E-state index is 15.7. The van der Waals surface area contributed by atoms with Gasteiger partial charge in [-0.15, -0.1) is 0 Å². The van der Waals surface area contributed by atoms with Crippen molar-refractivity contribution in [3.63, 3.8) is 0 Å². The molecule has 20 nitrogen and oxygen atoms in total. The van der Waals surface area contributed by atoms with Gasteiger partial charge in [-0.1, -0.05) is 63.2 Å². The summed E-state index contributed by atoms with van der Waals surface area (Å²) >= 11 is 0. The van der Waals surface area contributed by atoms with E-state index >= 15 is 4.39 Å². The molecule has 2 aromatic heterocycles. The number of amides is 6. The fourth-order valence-corrected chi connectivity index (χ4v) is 15.2. The van der Waals surface area contributed by atoms with Crippen LogP contribution in [0.5, 0.6) is 0 Å². The molecule has 1 saturated carbocycles. The van der Waals surface area contributed by atoms with E-state index in [0.29, 0.717) is 97.3 Å². The molecule has 6 amide bonds. The summed E-state index contributed by atoms with van der Waals surface area (Å²) in [5.41, 5.74) is 11.8. The number of cyclic esters (lactones) is 1. The van der Waals surface area contributed by atoms with Crippen LogP contribution in [0.1, 0.15) is 180 Å². The van der Waals surface area contributed by atoms with Crippen LogP contribution in [0.25, 0.3) is 22.3 Å². The third-order valence-corrected chi connectivity index (χ3v) is 21.0. The number of ether oxygens (including phenoxy) is 2. The van der Waals surface area contributed by atoms with E-state index in [1.165, 1.54) is 16.2 Å². The molecule has 4 aliphatic heterocycles. The van der Waals surface area contributed by atoms with E-state index in [0.717, 1.165) is 73.7 Å². The first-order valence-electron chi connectivity index (χ1n) is 33.7. The number of pyridine rings is 2. The summed E-state index contributed by atoms with van der Waals surface area (Å²) in [5, 5.41) is 24.3. The third kappa shape index (κ3) is 13.9. The fourth-order valence-electron chi connectivity index (χ4n) is 15.2. The Kier molecular flexibility index (Phi) is 20.3. The molecule has 93 heavy (non-hydrogen) atoms. The summed E-state index contributed by atoms with van der Waals surface area (Å²) in [4.78, 5) is 119. The molecule has 6 heterocycles. The van der Waals surface area contributed by atoms with Crippen LogP contribution in [0, 0.1) is 30.0 Å². The highest BCUT2D eigenvalue weighted by atomic mass is 19.1. The topological polar surface area (TPSA) is 274 Å². The lowest BCUT2D eigenvalue weighted by atomic mass is 9.65. The van der Waals surface area contributed by atoms with Crippen LogP contribution < -0.4 is 37.5 Å². The Labute approximate surface area is 542 Å². The monoisotopic (exact) mass is 1280 g/mol. The summed E-state index contributed by atoms with van der Waals surface area (Å²) in [6.45, 7) is 11.2. The average Bonchev–Trinajstić information content (AvgIpc) is 1.62. The van der Waals surface area contributed by atoms with Crippen molar-refractivity contribution >= 4 is 58.0 Å². The third-order valence-electron chi connectivity index (χ3n) is 21.0. The number of aryl methyl sites for hydroxylation is 3. The number of nitrogens with zero attached hydrogens (tertiary/aromatic N) is 4. The second-order valence-corrected chi connectivity index (χ2v) is 27.1. The van der Waals surface area contributed by atoms with Crippen molar-refractivity contribution in [3.05, 3.63) is 127 Å². The van der Waals surface area contributed by atoms with Gasteiger partial charge >= 0.3 is 5.97 Å². The van der Waals surface area contributed by atoms with Crippen molar-refractivity contribution in [2.24, 2.45) is 23.0 Å². The van der Waals surface area contributed by atoms with Gasteiger partial charge in [0.05, 0.1) is 60.7 Å². The number of esters is 1. The first kappa shape index (κ1) is 66.6. The van der Waals surface area contributed by atoms with Crippen LogP contribution >= 0.6 is 0 Å². The van der Waals surface area contributed by atoms with E-state index in [9.17, 15) is 43.5 Å². The number of halogens is 1. The second kappa shape index (κ2) is 28.4. The molecule has 0 radical (unpaired) electrons. The number of carbonyl (C=O) groups is 7. The number of benzene rings is 3. The molecule has 5 unspecified atom stereocenters. The number of fused-ring (bicyclic) bond motifs is 7. The Hall–Kier alpha value is -7.88. The minimum atomic E-state index is -2.05. The lowest BCUT2D eigenvalue weighted by molar-refractivity contribution is -0.172. The van der Waals surface area contributed by atoms with Crippen molar-refractivity contribution in [2.45, 2.75) is 200 Å². The Balaban J connectivity index is 0.631. The van der Waals surface area contributed by atoms with E-state index in [2.05, 4.69) is 39.5 Å². The number of nitrogens with two attached hydrogens (primary N) is 1. The highest BCUT2D eigenvalue weighted by Crippen LogP contribution is 2.48. The number of unbranched alkanes of at least 4 members (excludes halogenated alkanes) is 1. The van der Waals surface area contributed by atoms with Crippen LogP contribution in [0.15, 0.2) is 65.5 Å². The molecule has 21 heteroatoms. The average molecular weight is 1280 g/mol. The first-order chi connectivity index (χ1) is 44.7. The zero-order chi connectivity index (χ0) is 65.9. The van der Waals surface area contributed by atoms with Gasteiger partial charge in [-0.05, 0) is 174 Å². The highest BCUT2D eigenvalue weighted by Gasteiger charge is 2.47. The van der Waals surface area contributed by atoms with Gasteiger partial charge in [0.15, 0.2) is 5.60 Å². The number of piperidine rings is 1. The van der Waals surface area contributed by atoms with E-state index in [1.807, 2.05) is 60.9 Å². The largest absolute Gasteiger partial charge is 0.458 e. The number of rotatable bonds is 22. The van der Waals surface area contributed by atoms with E-state index in [-0.39, 0.29) is 117 Å². The molecule has 2 aliphatic carbocycles. The van der Waals surface area contributed by atoms with Gasteiger partial charge in [-0.3, -0.25) is 33.6 Å². The molecule has 7 N–H and O–H groups in total. The van der Waals surface area contributed by atoms with Gasteiger partial charge in [0.25, 0.3) is 5.56 Å². The van der Waals surface area contributed by atoms with Crippen molar-refractivity contribution in [3.8, 4) is 11.4 Å². The molecule has 1 saturated heterocycles. The van der Waals surface area contributed by atoms with Gasteiger partial charge in [-0.2, -0.15) is 0 Å². The van der Waals surface area contributed by atoms with Crippen LogP contribution in [0.2, 0.25) is 0 Å². The van der Waals surface area contributed by atoms with Gasteiger partial charge in [0.2, 0.25) is 35.4 Å². The first-order valence-corrected chi connectivity index (χ1v) is 33.7. The minimum Gasteiger partial charge on any atom is -0.458 e. The van der Waals surface area contributed by atoms with Gasteiger partial charge in [0, 0.05) is 66.7 Å². The lowest BCUT2D eigenvalue weighted by Gasteiger charge is -2.45. The Bertz CT molecular complexity index is 3770. The number of likely N-dealkylation sites (tertiary alicyclic amines) is 1. The molecule has 1 spiro atoms. The predicted octanol–water partition coefficient (Wildman–Crippen LogP) is 7.60. The normalized spacial score (nSPS) is 19.8. The van der Waals surface area contributed by atoms with E-state index < -0.39 is 52.9 Å². The molecule has 5 atom stereocenters. The predicted molar refractivity (Wildman–Crippen MR) is 349 cm³/mol. The number of hydrogen-bond donors (Lipinski definition) is 6. The van der Waals surface area contributed by atoms with Crippen LogP contribution in [0.3, 0.4) is 0 Å². The van der Waals surface area contributed by atoms with Gasteiger partial charge < -0.3 is 55.9 Å². The van der Waals surface area contributed by atoms with E-state index in [1.54, 1.807) is 19.9 Å². The molecule has 0 bridgehead atoms. The summed E-state index contributed by atoms with van der Waals surface area (Å²) in [6, 6.07) is 16.7. The van der Waals surface area contributed by atoms with Gasteiger partial charge in [-0.25, -0.2) is 14.2 Å². The molecule has 5 aromatic rings. The number of aromatic nitrogens is 2. The minimum absolute atomic E-state index is 0.00586. The molecular weight excluding hydrogens is 1190 g/mol. The summed E-state index contributed by atoms with van der Waals surface area (Å²) in [7, 11) is 0. The SMILES string of the molecule is CCC1(O)C(=O)OCc2c1cc1n(c2=O)Cc2c-1nc1cc(F)c(C)c3c1c2C(NC(=O)C(CCCCN)NC(=O)C(NC(=O)CCC(C)OCCC(=O)N1CCC2(CCC(C(=O)NCCC(=O)N4Cc5ccccc5CCc5ccccc54)CC2)CC1)C(C)C)CC3. The quantitative estimate of drug-likeness (QED) is 0.0283. The molecule has 496 valence electrons. The number of hydrogen-bond acceptors (Lipinski definition) is 13. The summed E-state index contributed by atoms with van der Waals surface area (Å²) in [6.07, 6.45) is 9.45. The van der Waals surface area contributed by atoms with Crippen molar-refractivity contribution in [2.75, 3.05) is 37.7 Å². The Morgan fingerprint density at radius 2 is 1.54 bits per heavy atom.